The highest BCUT2D eigenvalue weighted by Gasteiger charge is 2.33. The molecule has 1 aliphatic heterocycles. The minimum Gasteiger partial charge on any atom is -0.495 e. The van der Waals surface area contributed by atoms with Crippen molar-refractivity contribution < 1.29 is 27.5 Å². The lowest BCUT2D eigenvalue weighted by Gasteiger charge is -2.32. The van der Waals surface area contributed by atoms with Crippen LogP contribution < -0.4 is 4.74 Å². The number of esters is 1. The monoisotopic (exact) mass is 459 g/mol. The highest BCUT2D eigenvalue weighted by Crippen LogP contribution is 2.32. The SMILES string of the molecule is COc1ccc(C(=O)OCC(=O)c2cc(C)ccc2C)cc1S(=O)(=O)N1CCCC[C@H]1C. The van der Waals surface area contributed by atoms with E-state index in [0.29, 0.717) is 12.1 Å². The Bertz CT molecular complexity index is 1130. The van der Waals surface area contributed by atoms with E-state index in [1.807, 2.05) is 32.9 Å². The van der Waals surface area contributed by atoms with Crippen LogP contribution in [0.3, 0.4) is 0 Å². The third kappa shape index (κ3) is 5.02. The van der Waals surface area contributed by atoms with Crippen molar-refractivity contribution >= 4 is 21.8 Å². The zero-order valence-electron chi connectivity index (χ0n) is 18.9. The molecule has 0 N–H and O–H groups in total. The molecule has 32 heavy (non-hydrogen) atoms. The van der Waals surface area contributed by atoms with Gasteiger partial charge in [-0.25, -0.2) is 13.2 Å². The van der Waals surface area contributed by atoms with Crippen molar-refractivity contribution in [3.05, 3.63) is 58.7 Å². The van der Waals surface area contributed by atoms with Gasteiger partial charge in [0.2, 0.25) is 15.8 Å². The summed E-state index contributed by atoms with van der Waals surface area (Å²) < 4.78 is 38.5. The molecule has 7 nitrogen and oxygen atoms in total. The molecule has 0 radical (unpaired) electrons. The number of methoxy groups -OCH3 is 1. The van der Waals surface area contributed by atoms with Gasteiger partial charge in [0.15, 0.2) is 6.61 Å². The second-order valence-electron chi connectivity index (χ2n) is 8.14. The number of Topliss-reactive ketones (excluding diaryl/α,β-unsaturated/α-hetero) is 1. The number of ketones is 1. The van der Waals surface area contributed by atoms with Crippen LogP contribution in [0, 0.1) is 13.8 Å². The van der Waals surface area contributed by atoms with E-state index in [1.165, 1.54) is 29.6 Å². The van der Waals surface area contributed by atoms with Gasteiger partial charge in [0.05, 0.1) is 12.7 Å². The summed E-state index contributed by atoms with van der Waals surface area (Å²) in [5, 5.41) is 0. The Morgan fingerprint density at radius 2 is 1.84 bits per heavy atom. The van der Waals surface area contributed by atoms with Gasteiger partial charge in [-0.3, -0.25) is 4.79 Å². The van der Waals surface area contributed by atoms with Gasteiger partial charge < -0.3 is 9.47 Å². The van der Waals surface area contributed by atoms with E-state index >= 15 is 0 Å². The van der Waals surface area contributed by atoms with Gasteiger partial charge in [-0.2, -0.15) is 4.31 Å². The van der Waals surface area contributed by atoms with E-state index in [-0.39, 0.29) is 28.0 Å². The predicted octanol–water partition coefficient (Wildman–Crippen LogP) is 3.91. The standard InChI is InChI=1S/C24H29NO6S/c1-16-8-9-17(2)20(13-16)21(26)15-31-24(27)19-10-11-22(30-4)23(14-19)32(28,29)25-12-6-5-7-18(25)3/h8-11,13-14,18H,5-7,12,15H2,1-4H3/t18-/m1/s1. The van der Waals surface area contributed by atoms with Gasteiger partial charge >= 0.3 is 5.97 Å². The molecule has 0 aromatic heterocycles. The molecule has 0 saturated carbocycles. The van der Waals surface area contributed by atoms with Crippen LogP contribution >= 0.6 is 0 Å². The summed E-state index contributed by atoms with van der Waals surface area (Å²) >= 11 is 0. The summed E-state index contributed by atoms with van der Waals surface area (Å²) in [6.45, 7) is 5.56. The third-order valence-electron chi connectivity index (χ3n) is 5.76. The van der Waals surface area contributed by atoms with E-state index in [1.54, 1.807) is 6.07 Å². The molecule has 0 spiro atoms. The lowest BCUT2D eigenvalue weighted by Crippen LogP contribution is -2.42. The molecule has 0 bridgehead atoms. The number of nitrogens with zero attached hydrogens (tertiary/aromatic N) is 1. The fourth-order valence-electron chi connectivity index (χ4n) is 3.89. The molecule has 3 rings (SSSR count). The van der Waals surface area contributed by atoms with Crippen molar-refractivity contribution in [1.82, 2.24) is 4.31 Å². The fourth-order valence-corrected chi connectivity index (χ4v) is 5.77. The Balaban J connectivity index is 1.82. The molecule has 1 aliphatic rings. The van der Waals surface area contributed by atoms with Crippen LogP contribution in [0.5, 0.6) is 5.75 Å². The average Bonchev–Trinajstić information content (AvgIpc) is 2.78. The minimum absolute atomic E-state index is 0.0443. The predicted molar refractivity (Wildman–Crippen MR) is 121 cm³/mol. The second-order valence-corrected chi connectivity index (χ2v) is 10.0. The van der Waals surface area contributed by atoms with Crippen LogP contribution in [-0.4, -0.2) is 50.8 Å². The number of carbonyl (C=O) groups excluding carboxylic acids is 2. The van der Waals surface area contributed by atoms with E-state index in [0.717, 1.165) is 30.4 Å². The first-order chi connectivity index (χ1) is 15.1. The van der Waals surface area contributed by atoms with Crippen molar-refractivity contribution in [2.75, 3.05) is 20.3 Å². The molecule has 2 aromatic rings. The maximum absolute atomic E-state index is 13.3. The van der Waals surface area contributed by atoms with Crippen LogP contribution in [0.2, 0.25) is 0 Å². The topological polar surface area (TPSA) is 90.0 Å². The Labute approximate surface area is 189 Å². The van der Waals surface area contributed by atoms with Gasteiger partial charge in [-0.15, -0.1) is 0 Å². The first-order valence-electron chi connectivity index (χ1n) is 10.6. The summed E-state index contributed by atoms with van der Waals surface area (Å²) in [7, 11) is -2.48. The minimum atomic E-state index is -3.86. The zero-order valence-corrected chi connectivity index (χ0v) is 19.7. The normalized spacial score (nSPS) is 17.1. The number of piperidine rings is 1. The number of ether oxygens (including phenoxy) is 2. The van der Waals surface area contributed by atoms with E-state index in [4.69, 9.17) is 9.47 Å². The quantitative estimate of drug-likeness (QED) is 0.461. The molecule has 1 saturated heterocycles. The van der Waals surface area contributed by atoms with Crippen molar-refractivity contribution in [1.29, 1.82) is 0 Å². The Morgan fingerprint density at radius 1 is 1.09 bits per heavy atom. The number of aryl methyl sites for hydroxylation is 2. The molecule has 1 fully saturated rings. The number of carbonyl (C=O) groups is 2. The average molecular weight is 460 g/mol. The summed E-state index contributed by atoms with van der Waals surface area (Å²) in [6.07, 6.45) is 2.54. The maximum atomic E-state index is 13.3. The van der Waals surface area contributed by atoms with E-state index < -0.39 is 22.6 Å². The lowest BCUT2D eigenvalue weighted by atomic mass is 10.0. The fraction of sp³-hybridized carbons (Fsp3) is 0.417. The van der Waals surface area contributed by atoms with Gasteiger partial charge in [-0.1, -0.05) is 24.1 Å². The molecule has 1 heterocycles. The maximum Gasteiger partial charge on any atom is 0.338 e. The van der Waals surface area contributed by atoms with Gasteiger partial charge in [0.1, 0.15) is 10.6 Å². The Hall–Kier alpha value is -2.71. The van der Waals surface area contributed by atoms with Crippen molar-refractivity contribution in [2.24, 2.45) is 0 Å². The summed E-state index contributed by atoms with van der Waals surface area (Å²) in [4.78, 5) is 25.1. The molecule has 0 unspecified atom stereocenters. The second kappa shape index (κ2) is 9.83. The van der Waals surface area contributed by atoms with Crippen LogP contribution in [0.25, 0.3) is 0 Å². The summed E-state index contributed by atoms with van der Waals surface area (Å²) in [6, 6.07) is 9.49. The van der Waals surface area contributed by atoms with Crippen molar-refractivity contribution in [3.8, 4) is 5.75 Å². The van der Waals surface area contributed by atoms with Crippen LogP contribution in [-0.2, 0) is 14.8 Å². The van der Waals surface area contributed by atoms with Gasteiger partial charge in [-0.05, 0) is 63.4 Å². The largest absolute Gasteiger partial charge is 0.495 e. The molecular formula is C24H29NO6S. The molecule has 2 aromatic carbocycles. The van der Waals surface area contributed by atoms with E-state index in [9.17, 15) is 18.0 Å². The summed E-state index contributed by atoms with van der Waals surface area (Å²) in [5.41, 5.74) is 2.27. The number of hydrogen-bond donors (Lipinski definition) is 0. The van der Waals surface area contributed by atoms with Gasteiger partial charge in [0, 0.05) is 18.2 Å². The first kappa shape index (κ1) is 23.9. The molecule has 0 amide bonds. The van der Waals surface area contributed by atoms with Gasteiger partial charge in [0.25, 0.3) is 0 Å². The molecule has 8 heteroatoms. The lowest BCUT2D eigenvalue weighted by molar-refractivity contribution is 0.0474. The molecule has 1 atom stereocenters. The molecule has 172 valence electrons. The highest BCUT2D eigenvalue weighted by molar-refractivity contribution is 7.89. The highest BCUT2D eigenvalue weighted by atomic mass is 32.2. The smallest absolute Gasteiger partial charge is 0.338 e. The number of rotatable bonds is 7. The van der Waals surface area contributed by atoms with Crippen LogP contribution in [0.15, 0.2) is 41.3 Å². The Kier molecular flexibility index (Phi) is 7.36. The number of hydrogen-bond acceptors (Lipinski definition) is 6. The zero-order chi connectivity index (χ0) is 23.5. The van der Waals surface area contributed by atoms with E-state index in [2.05, 4.69) is 0 Å². The number of benzene rings is 2. The number of sulfonamides is 1. The third-order valence-corrected chi connectivity index (χ3v) is 7.79. The van der Waals surface area contributed by atoms with Crippen molar-refractivity contribution in [3.63, 3.8) is 0 Å². The Morgan fingerprint density at radius 3 is 2.53 bits per heavy atom. The molecular weight excluding hydrogens is 430 g/mol. The molecule has 0 aliphatic carbocycles. The van der Waals surface area contributed by atoms with Crippen molar-refractivity contribution in [2.45, 2.75) is 51.0 Å². The first-order valence-corrected chi connectivity index (χ1v) is 12.1. The van der Waals surface area contributed by atoms with Crippen LogP contribution in [0.4, 0.5) is 0 Å². The summed E-state index contributed by atoms with van der Waals surface area (Å²) in [5.74, 6) is -0.928. The van der Waals surface area contributed by atoms with Crippen LogP contribution in [0.1, 0.15) is 58.0 Å².